The molecule has 0 aliphatic heterocycles. The van der Waals surface area contributed by atoms with E-state index in [9.17, 15) is 13.2 Å². The lowest BCUT2D eigenvalue weighted by Crippen LogP contribution is -2.26. The summed E-state index contributed by atoms with van der Waals surface area (Å²) in [6.07, 6.45) is 1.77. The van der Waals surface area contributed by atoms with Gasteiger partial charge in [0.05, 0.1) is 4.90 Å². The van der Waals surface area contributed by atoms with Crippen molar-refractivity contribution in [1.29, 1.82) is 0 Å². The molecule has 0 radical (unpaired) electrons. The highest BCUT2D eigenvalue weighted by molar-refractivity contribution is 7.89. The topological polar surface area (TPSA) is 114 Å². The Bertz CT molecular complexity index is 1460. The van der Waals surface area contributed by atoms with Crippen molar-refractivity contribution in [2.75, 3.05) is 0 Å². The number of amides is 1. The van der Waals surface area contributed by atoms with E-state index >= 15 is 0 Å². The zero-order valence-corrected chi connectivity index (χ0v) is 19.9. The monoisotopic (exact) mass is 488 g/mol. The van der Waals surface area contributed by atoms with E-state index in [1.54, 1.807) is 48.5 Å². The molecule has 0 saturated heterocycles. The lowest BCUT2D eigenvalue weighted by Gasteiger charge is -2.08. The van der Waals surface area contributed by atoms with Gasteiger partial charge < -0.3 is 9.73 Å². The summed E-state index contributed by atoms with van der Waals surface area (Å²) in [6.45, 7) is 2.28. The molecular formula is C26H24N4O4S. The molecule has 1 aromatic heterocycles. The first kappa shape index (κ1) is 22.9. The molecule has 1 heterocycles. The predicted octanol–water partition coefficient (Wildman–Crippen LogP) is 4.08. The third kappa shape index (κ3) is 5.47. The third-order valence-electron chi connectivity index (χ3n) is 5.67. The van der Waals surface area contributed by atoms with Crippen molar-refractivity contribution in [3.05, 3.63) is 89.5 Å². The van der Waals surface area contributed by atoms with Crippen LogP contribution in [-0.4, -0.2) is 30.6 Å². The Morgan fingerprint density at radius 2 is 1.63 bits per heavy atom. The van der Waals surface area contributed by atoms with Crippen molar-refractivity contribution in [2.24, 2.45) is 0 Å². The fourth-order valence-corrected chi connectivity index (χ4v) is 4.86. The number of hydrogen-bond acceptors (Lipinski definition) is 6. The van der Waals surface area contributed by atoms with Crippen molar-refractivity contribution < 1.29 is 17.6 Å². The van der Waals surface area contributed by atoms with Crippen LogP contribution in [0.5, 0.6) is 0 Å². The first-order valence-electron chi connectivity index (χ1n) is 11.3. The van der Waals surface area contributed by atoms with Crippen LogP contribution in [0.25, 0.3) is 22.9 Å². The number of nitrogens with one attached hydrogen (secondary N) is 2. The molecule has 1 fully saturated rings. The standard InChI is InChI=1S/C26H24N4O4S/c1-17-3-2-4-21(15-17)26-29-28-25(34-26)20-9-7-19(8-10-20)24(31)27-16-18-5-13-23(14-6-18)35(32,33)30-22-11-12-22/h2-10,13-15,22,30H,11-12,16H2,1H3,(H,27,31). The molecule has 0 bridgehead atoms. The van der Waals surface area contributed by atoms with Crippen LogP contribution >= 0.6 is 0 Å². The number of nitrogens with zero attached hydrogens (tertiary/aromatic N) is 2. The second-order valence-corrected chi connectivity index (χ2v) is 10.3. The summed E-state index contributed by atoms with van der Waals surface area (Å²) in [5, 5.41) is 11.1. The van der Waals surface area contributed by atoms with Crippen molar-refractivity contribution in [3.8, 4) is 22.9 Å². The van der Waals surface area contributed by atoms with Crippen molar-refractivity contribution >= 4 is 15.9 Å². The van der Waals surface area contributed by atoms with E-state index in [4.69, 9.17) is 4.42 Å². The van der Waals surface area contributed by atoms with Crippen LogP contribution < -0.4 is 10.0 Å². The molecular weight excluding hydrogens is 464 g/mol. The van der Waals surface area contributed by atoms with Crippen LogP contribution in [0, 0.1) is 6.92 Å². The Kier molecular flexibility index (Phi) is 6.19. The van der Waals surface area contributed by atoms with Crippen LogP contribution in [0.2, 0.25) is 0 Å². The summed E-state index contributed by atoms with van der Waals surface area (Å²) >= 11 is 0. The molecule has 2 N–H and O–H groups in total. The molecule has 35 heavy (non-hydrogen) atoms. The van der Waals surface area contributed by atoms with E-state index in [0.29, 0.717) is 22.9 Å². The Hall–Kier alpha value is -3.82. The fraction of sp³-hybridized carbons (Fsp3) is 0.192. The van der Waals surface area contributed by atoms with Crippen LogP contribution in [0.4, 0.5) is 0 Å². The van der Waals surface area contributed by atoms with Gasteiger partial charge in [-0.25, -0.2) is 13.1 Å². The van der Waals surface area contributed by atoms with E-state index in [2.05, 4.69) is 20.2 Å². The van der Waals surface area contributed by atoms with Crippen LogP contribution in [0.15, 0.2) is 82.1 Å². The van der Waals surface area contributed by atoms with Crippen molar-refractivity contribution in [3.63, 3.8) is 0 Å². The van der Waals surface area contributed by atoms with Gasteiger partial charge in [-0.1, -0.05) is 29.8 Å². The summed E-state index contributed by atoms with van der Waals surface area (Å²) in [5.74, 6) is 0.571. The van der Waals surface area contributed by atoms with Gasteiger partial charge in [0.1, 0.15) is 0 Å². The molecule has 5 rings (SSSR count). The van der Waals surface area contributed by atoms with Gasteiger partial charge in [-0.15, -0.1) is 10.2 Å². The average Bonchev–Trinajstić information content (AvgIpc) is 3.52. The van der Waals surface area contributed by atoms with Gasteiger partial charge in [-0.2, -0.15) is 0 Å². The molecule has 1 aliphatic rings. The smallest absolute Gasteiger partial charge is 0.251 e. The Balaban J connectivity index is 1.20. The summed E-state index contributed by atoms with van der Waals surface area (Å²) in [4.78, 5) is 12.8. The number of carbonyl (C=O) groups is 1. The van der Waals surface area contributed by atoms with Crippen LogP contribution in [0.3, 0.4) is 0 Å². The second-order valence-electron chi connectivity index (χ2n) is 8.58. The quantitative estimate of drug-likeness (QED) is 0.386. The maximum Gasteiger partial charge on any atom is 0.251 e. The maximum atomic E-state index is 12.6. The van der Waals surface area contributed by atoms with Gasteiger partial charge in [0.15, 0.2) is 0 Å². The zero-order chi connectivity index (χ0) is 24.4. The minimum atomic E-state index is -3.49. The molecule has 178 valence electrons. The first-order chi connectivity index (χ1) is 16.9. The molecule has 0 atom stereocenters. The van der Waals surface area contributed by atoms with Crippen LogP contribution in [-0.2, 0) is 16.6 Å². The molecule has 4 aromatic rings. The van der Waals surface area contributed by atoms with Crippen molar-refractivity contribution in [2.45, 2.75) is 37.2 Å². The number of hydrogen-bond donors (Lipinski definition) is 2. The normalized spacial score (nSPS) is 13.5. The molecule has 3 aromatic carbocycles. The summed E-state index contributed by atoms with van der Waals surface area (Å²) in [6, 6.07) is 21.3. The Labute approximate surface area is 203 Å². The molecule has 1 amide bonds. The second kappa shape index (κ2) is 9.44. The number of carbonyl (C=O) groups excluding carboxylic acids is 1. The highest BCUT2D eigenvalue weighted by atomic mass is 32.2. The van der Waals surface area contributed by atoms with Crippen molar-refractivity contribution in [1.82, 2.24) is 20.2 Å². The Morgan fingerprint density at radius 3 is 2.29 bits per heavy atom. The summed E-state index contributed by atoms with van der Waals surface area (Å²) in [7, 11) is -3.49. The lowest BCUT2D eigenvalue weighted by atomic mass is 10.1. The van der Waals surface area contributed by atoms with E-state index < -0.39 is 10.0 Å². The summed E-state index contributed by atoms with van der Waals surface area (Å²) in [5.41, 5.74) is 3.95. The van der Waals surface area contributed by atoms with E-state index in [0.717, 1.165) is 29.5 Å². The minimum Gasteiger partial charge on any atom is -0.416 e. The largest absolute Gasteiger partial charge is 0.416 e. The molecule has 0 unspecified atom stereocenters. The highest BCUT2D eigenvalue weighted by Crippen LogP contribution is 2.25. The number of aromatic nitrogens is 2. The summed E-state index contributed by atoms with van der Waals surface area (Å²) < 4.78 is 33.0. The molecule has 1 aliphatic carbocycles. The average molecular weight is 489 g/mol. The molecule has 8 nitrogen and oxygen atoms in total. The zero-order valence-electron chi connectivity index (χ0n) is 19.1. The van der Waals surface area contributed by atoms with Gasteiger partial charge in [0.25, 0.3) is 5.91 Å². The predicted molar refractivity (Wildman–Crippen MR) is 131 cm³/mol. The minimum absolute atomic E-state index is 0.0559. The Morgan fingerprint density at radius 1 is 0.943 bits per heavy atom. The number of aryl methyl sites for hydroxylation is 1. The highest BCUT2D eigenvalue weighted by Gasteiger charge is 2.27. The fourth-order valence-electron chi connectivity index (χ4n) is 3.56. The SMILES string of the molecule is Cc1cccc(-c2nnc(-c3ccc(C(=O)NCc4ccc(S(=O)(=O)NC5CC5)cc4)cc3)o2)c1. The number of sulfonamides is 1. The number of rotatable bonds is 8. The molecule has 0 spiro atoms. The van der Waals surface area contributed by atoms with E-state index in [-0.39, 0.29) is 23.4 Å². The maximum absolute atomic E-state index is 12.6. The van der Waals surface area contributed by atoms with Crippen LogP contribution in [0.1, 0.15) is 34.3 Å². The first-order valence-corrected chi connectivity index (χ1v) is 12.8. The van der Waals surface area contributed by atoms with E-state index in [1.807, 2.05) is 31.2 Å². The van der Waals surface area contributed by atoms with E-state index in [1.165, 1.54) is 0 Å². The van der Waals surface area contributed by atoms with Gasteiger partial charge in [-0.05, 0) is 73.9 Å². The molecule has 1 saturated carbocycles. The van der Waals surface area contributed by atoms with Gasteiger partial charge in [0.2, 0.25) is 21.8 Å². The third-order valence-corrected chi connectivity index (χ3v) is 7.21. The number of benzene rings is 3. The lowest BCUT2D eigenvalue weighted by molar-refractivity contribution is 0.0951. The molecule has 9 heteroatoms. The van der Waals surface area contributed by atoms with Gasteiger partial charge in [0, 0.05) is 29.3 Å². The van der Waals surface area contributed by atoms with Gasteiger partial charge in [-0.3, -0.25) is 4.79 Å². The van der Waals surface area contributed by atoms with Gasteiger partial charge >= 0.3 is 0 Å².